The van der Waals surface area contributed by atoms with Gasteiger partial charge >= 0.3 is 29.8 Å². The number of ether oxygens (including phenoxy) is 6. The maximum absolute atomic E-state index is 13.0. The first-order valence-electron chi connectivity index (χ1n) is 20.4. The highest BCUT2D eigenvalue weighted by atomic mass is 16.6. The van der Waals surface area contributed by atoms with Crippen LogP contribution in [0.15, 0.2) is 25.3 Å². The number of ketones is 1. The van der Waals surface area contributed by atoms with Gasteiger partial charge in [-0.2, -0.15) is 0 Å². The van der Waals surface area contributed by atoms with Crippen molar-refractivity contribution >= 4 is 35.6 Å². The number of carbonyl (C=O) groups excluding carboxylic acids is 6. The summed E-state index contributed by atoms with van der Waals surface area (Å²) in [4.78, 5) is 73.1. The second kappa shape index (κ2) is 23.4. The molecule has 0 amide bonds. The zero-order valence-corrected chi connectivity index (χ0v) is 32.1. The van der Waals surface area contributed by atoms with Crippen LogP contribution in [-0.2, 0) is 57.2 Å². The van der Waals surface area contributed by atoms with Crippen LogP contribution < -0.4 is 0 Å². The zero-order valence-electron chi connectivity index (χ0n) is 32.1. The number of hydrogen-bond donors (Lipinski definition) is 0. The molecule has 302 valence electrons. The van der Waals surface area contributed by atoms with Crippen LogP contribution in [-0.4, -0.2) is 80.9 Å². The largest absolute Gasteiger partial charge is 0.465 e. The number of hydrogen-bond acceptors (Lipinski definition) is 12. The Morgan fingerprint density at radius 1 is 0.444 bits per heavy atom. The molecule has 0 spiro atoms. The number of rotatable bonds is 20. The molecule has 0 aromatic heterocycles. The molecule has 0 bridgehead atoms. The van der Waals surface area contributed by atoms with E-state index in [-0.39, 0.29) is 92.0 Å². The van der Waals surface area contributed by atoms with Crippen LogP contribution in [0.4, 0.5) is 0 Å². The van der Waals surface area contributed by atoms with Crippen molar-refractivity contribution in [2.75, 3.05) is 33.0 Å². The van der Waals surface area contributed by atoms with Crippen LogP contribution in [0.25, 0.3) is 0 Å². The average molecular weight is 759 g/mol. The van der Waals surface area contributed by atoms with Crippen molar-refractivity contribution in [3.63, 3.8) is 0 Å². The lowest BCUT2D eigenvalue weighted by Gasteiger charge is -2.38. The van der Waals surface area contributed by atoms with Gasteiger partial charge in [-0.05, 0) is 133 Å². The lowest BCUT2D eigenvalue weighted by atomic mass is 9.72. The minimum atomic E-state index is -0.459. The summed E-state index contributed by atoms with van der Waals surface area (Å²) in [7, 11) is 0. The van der Waals surface area contributed by atoms with E-state index in [4.69, 9.17) is 28.4 Å². The molecule has 0 heterocycles. The zero-order chi connectivity index (χ0) is 38.7. The number of unbranched alkanes of at least 4 members (excludes halogenated alkanes) is 1. The predicted molar refractivity (Wildman–Crippen MR) is 198 cm³/mol. The van der Waals surface area contributed by atoms with E-state index in [0.29, 0.717) is 89.1 Å². The number of carbonyl (C=O) groups is 6. The fourth-order valence-electron chi connectivity index (χ4n) is 8.42. The molecular formula is C42H62O12. The molecule has 0 N–H and O–H groups in total. The highest BCUT2D eigenvalue weighted by Gasteiger charge is 2.37. The van der Waals surface area contributed by atoms with Gasteiger partial charge in [0.1, 0.15) is 18.8 Å². The smallest absolute Gasteiger partial charge is 0.330 e. The lowest BCUT2D eigenvalue weighted by molar-refractivity contribution is -0.161. The molecule has 0 unspecified atom stereocenters. The standard InChI is InChI=1S/C42H62O12/c1-3-35(43)28-49-24-7-27-52-40(46)32-10-14-34(15-11-32)42(48)54-37-22-18-30(19-23-37)29-16-20-36(21-17-29)53-41(47)33-12-8-31(9-13-33)39(45)51-26-6-5-25-50-38(44)4-2/h3-4,29-34,36-37H,1-2,5-28H2. The molecule has 4 aliphatic rings. The molecular weight excluding hydrogens is 696 g/mol. The number of esters is 5. The third-order valence-electron chi connectivity index (χ3n) is 11.8. The Morgan fingerprint density at radius 3 is 1.24 bits per heavy atom. The molecule has 0 aliphatic heterocycles. The van der Waals surface area contributed by atoms with Crippen molar-refractivity contribution in [3.05, 3.63) is 25.3 Å². The van der Waals surface area contributed by atoms with E-state index in [2.05, 4.69) is 13.2 Å². The minimum Gasteiger partial charge on any atom is -0.465 e. The summed E-state index contributed by atoms with van der Waals surface area (Å²) in [5, 5.41) is 0. The summed E-state index contributed by atoms with van der Waals surface area (Å²) < 4.78 is 32.9. The Hall–Kier alpha value is -3.54. The molecule has 0 aromatic carbocycles. The van der Waals surface area contributed by atoms with Gasteiger partial charge in [-0.1, -0.05) is 13.2 Å². The van der Waals surface area contributed by atoms with Crippen LogP contribution >= 0.6 is 0 Å². The van der Waals surface area contributed by atoms with Gasteiger partial charge in [-0.15, -0.1) is 0 Å². The van der Waals surface area contributed by atoms with Crippen molar-refractivity contribution in [2.24, 2.45) is 35.5 Å². The Bertz CT molecular complexity index is 1150. The van der Waals surface area contributed by atoms with Crippen LogP contribution in [0, 0.1) is 35.5 Å². The van der Waals surface area contributed by atoms with E-state index in [1.54, 1.807) is 0 Å². The Kier molecular flexibility index (Phi) is 18.7. The summed E-state index contributed by atoms with van der Waals surface area (Å²) in [5.74, 6) is -0.879. The monoisotopic (exact) mass is 758 g/mol. The Morgan fingerprint density at radius 2 is 0.833 bits per heavy atom. The second-order valence-electron chi connectivity index (χ2n) is 15.5. The topological polar surface area (TPSA) is 158 Å². The quantitative estimate of drug-likeness (QED) is 0.0571. The molecule has 0 atom stereocenters. The SMILES string of the molecule is C=CC(=O)COCCCOC(=O)C1CCC(C(=O)OC2CCC(C3CCC(OC(=O)C4CCC(C(=O)OCCCCOC(=O)C=C)CC4)CC3)CC2)CC1. The summed E-state index contributed by atoms with van der Waals surface area (Å²) in [5.41, 5.74) is 0. The van der Waals surface area contributed by atoms with Crippen LogP contribution in [0.1, 0.15) is 122 Å². The Balaban J connectivity index is 1.02. The Labute approximate surface area is 320 Å². The van der Waals surface area contributed by atoms with Gasteiger partial charge in [0, 0.05) is 12.5 Å². The van der Waals surface area contributed by atoms with Crippen molar-refractivity contribution in [2.45, 2.75) is 134 Å². The normalized spacial score (nSPS) is 28.4. The van der Waals surface area contributed by atoms with Gasteiger partial charge in [-0.3, -0.25) is 24.0 Å². The van der Waals surface area contributed by atoms with Gasteiger partial charge in [0.2, 0.25) is 0 Å². The van der Waals surface area contributed by atoms with Gasteiger partial charge in [0.25, 0.3) is 0 Å². The molecule has 0 saturated heterocycles. The van der Waals surface area contributed by atoms with Crippen molar-refractivity contribution in [1.82, 2.24) is 0 Å². The first-order valence-corrected chi connectivity index (χ1v) is 20.4. The second-order valence-corrected chi connectivity index (χ2v) is 15.5. The molecule has 54 heavy (non-hydrogen) atoms. The van der Waals surface area contributed by atoms with Crippen molar-refractivity contribution in [3.8, 4) is 0 Å². The van der Waals surface area contributed by atoms with Gasteiger partial charge in [-0.25, -0.2) is 4.79 Å². The van der Waals surface area contributed by atoms with Crippen LogP contribution in [0.3, 0.4) is 0 Å². The summed E-state index contributed by atoms with van der Waals surface area (Å²) >= 11 is 0. The highest BCUT2D eigenvalue weighted by molar-refractivity contribution is 5.90. The summed E-state index contributed by atoms with van der Waals surface area (Å²) in [6.45, 7) is 7.87. The van der Waals surface area contributed by atoms with Crippen molar-refractivity contribution in [1.29, 1.82) is 0 Å². The first kappa shape index (κ1) is 43.2. The predicted octanol–water partition coefficient (Wildman–Crippen LogP) is 6.56. The maximum Gasteiger partial charge on any atom is 0.330 e. The third-order valence-corrected chi connectivity index (χ3v) is 11.8. The van der Waals surface area contributed by atoms with E-state index in [1.165, 1.54) is 6.08 Å². The van der Waals surface area contributed by atoms with Gasteiger partial charge in [0.15, 0.2) is 5.78 Å². The average Bonchev–Trinajstić information content (AvgIpc) is 3.20. The van der Waals surface area contributed by atoms with Crippen LogP contribution in [0.2, 0.25) is 0 Å². The van der Waals surface area contributed by atoms with Crippen molar-refractivity contribution < 1.29 is 57.2 Å². The molecule has 0 aromatic rings. The van der Waals surface area contributed by atoms with Gasteiger partial charge in [0.05, 0.1) is 50.1 Å². The van der Waals surface area contributed by atoms with E-state index in [0.717, 1.165) is 57.4 Å². The first-order chi connectivity index (χ1) is 26.2. The lowest BCUT2D eigenvalue weighted by Crippen LogP contribution is -2.35. The fourth-order valence-corrected chi connectivity index (χ4v) is 8.42. The summed E-state index contributed by atoms with van der Waals surface area (Å²) in [6, 6.07) is 0. The molecule has 12 heteroatoms. The van der Waals surface area contributed by atoms with Gasteiger partial charge < -0.3 is 28.4 Å². The highest BCUT2D eigenvalue weighted by Crippen LogP contribution is 2.41. The van der Waals surface area contributed by atoms with E-state index >= 15 is 0 Å². The van der Waals surface area contributed by atoms with E-state index < -0.39 is 5.97 Å². The third kappa shape index (κ3) is 14.6. The van der Waals surface area contributed by atoms with E-state index in [9.17, 15) is 28.8 Å². The molecule has 4 aliphatic carbocycles. The van der Waals surface area contributed by atoms with Crippen LogP contribution in [0.5, 0.6) is 0 Å². The molecule has 4 rings (SSSR count). The summed E-state index contributed by atoms with van der Waals surface area (Å²) in [6.07, 6.45) is 16.7. The van der Waals surface area contributed by atoms with E-state index in [1.807, 2.05) is 0 Å². The maximum atomic E-state index is 13.0. The molecule has 12 nitrogen and oxygen atoms in total. The molecule has 4 fully saturated rings. The minimum absolute atomic E-state index is 0.0164. The molecule has 4 saturated carbocycles. The molecule has 0 radical (unpaired) electrons. The fraction of sp³-hybridized carbons (Fsp3) is 0.762.